The summed E-state index contributed by atoms with van der Waals surface area (Å²) in [6.45, 7) is 0. The van der Waals surface area contributed by atoms with Gasteiger partial charge in [-0.1, -0.05) is 0 Å². The van der Waals surface area contributed by atoms with Crippen molar-refractivity contribution in [2.24, 2.45) is 21.7 Å². The standard InChI is InChI=1S/C11H11N5O/c12-11(13)16-15-7-9-3-4-10(17-9)8-2-1-5-14-6-8/h1-7H,(H4,12,13,16). The molecule has 2 heterocycles. The lowest BCUT2D eigenvalue weighted by Crippen LogP contribution is -2.21. The van der Waals surface area contributed by atoms with E-state index in [-0.39, 0.29) is 5.96 Å². The van der Waals surface area contributed by atoms with Crippen LogP contribution >= 0.6 is 0 Å². The van der Waals surface area contributed by atoms with E-state index < -0.39 is 0 Å². The topological polar surface area (TPSA) is 103 Å². The van der Waals surface area contributed by atoms with Crippen LogP contribution in [-0.4, -0.2) is 17.2 Å². The van der Waals surface area contributed by atoms with Crippen molar-refractivity contribution in [3.63, 3.8) is 0 Å². The van der Waals surface area contributed by atoms with Crippen molar-refractivity contribution in [2.45, 2.75) is 0 Å². The van der Waals surface area contributed by atoms with E-state index in [0.29, 0.717) is 11.5 Å². The zero-order chi connectivity index (χ0) is 12.1. The Kier molecular flexibility index (Phi) is 3.15. The van der Waals surface area contributed by atoms with E-state index in [9.17, 15) is 0 Å². The molecule has 0 fully saturated rings. The highest BCUT2D eigenvalue weighted by molar-refractivity contribution is 5.80. The summed E-state index contributed by atoms with van der Waals surface area (Å²) >= 11 is 0. The van der Waals surface area contributed by atoms with Gasteiger partial charge >= 0.3 is 0 Å². The van der Waals surface area contributed by atoms with E-state index in [1.165, 1.54) is 6.21 Å². The van der Waals surface area contributed by atoms with Crippen LogP contribution in [0.25, 0.3) is 11.3 Å². The maximum Gasteiger partial charge on any atom is 0.211 e. The summed E-state index contributed by atoms with van der Waals surface area (Å²) in [7, 11) is 0. The van der Waals surface area contributed by atoms with E-state index >= 15 is 0 Å². The van der Waals surface area contributed by atoms with Gasteiger partial charge in [-0.05, 0) is 24.3 Å². The summed E-state index contributed by atoms with van der Waals surface area (Å²) in [6, 6.07) is 7.34. The Morgan fingerprint density at radius 3 is 2.88 bits per heavy atom. The second kappa shape index (κ2) is 4.93. The largest absolute Gasteiger partial charge is 0.455 e. The third-order valence-electron chi connectivity index (χ3n) is 1.93. The lowest BCUT2D eigenvalue weighted by atomic mass is 10.2. The predicted molar refractivity (Wildman–Crippen MR) is 65.3 cm³/mol. The molecule has 0 aromatic carbocycles. The van der Waals surface area contributed by atoms with Crippen molar-refractivity contribution >= 4 is 12.2 Å². The molecule has 0 unspecified atom stereocenters. The molecule has 6 nitrogen and oxygen atoms in total. The molecule has 0 aliphatic carbocycles. The molecule has 0 bridgehead atoms. The summed E-state index contributed by atoms with van der Waals surface area (Å²) in [5.41, 5.74) is 11.2. The van der Waals surface area contributed by atoms with E-state index in [0.717, 1.165) is 5.56 Å². The molecular weight excluding hydrogens is 218 g/mol. The average molecular weight is 229 g/mol. The average Bonchev–Trinajstić information content (AvgIpc) is 2.78. The van der Waals surface area contributed by atoms with Crippen molar-refractivity contribution < 1.29 is 4.42 Å². The minimum atomic E-state index is -0.0970. The van der Waals surface area contributed by atoms with E-state index in [1.54, 1.807) is 18.5 Å². The molecule has 0 atom stereocenters. The Morgan fingerprint density at radius 1 is 1.29 bits per heavy atom. The molecule has 2 rings (SSSR count). The number of nitrogens with zero attached hydrogens (tertiary/aromatic N) is 3. The molecule has 4 N–H and O–H groups in total. The first-order chi connectivity index (χ1) is 8.25. The number of nitrogens with two attached hydrogens (primary N) is 2. The molecule has 0 aliphatic rings. The normalized spacial score (nSPS) is 10.6. The monoisotopic (exact) mass is 229 g/mol. The predicted octanol–water partition coefficient (Wildman–Crippen LogP) is 0.949. The van der Waals surface area contributed by atoms with Gasteiger partial charge in [0.2, 0.25) is 5.96 Å². The molecular formula is C11H11N5O. The number of hydrogen-bond donors (Lipinski definition) is 2. The zero-order valence-corrected chi connectivity index (χ0v) is 8.95. The van der Waals surface area contributed by atoms with Crippen LogP contribution in [0.1, 0.15) is 5.76 Å². The van der Waals surface area contributed by atoms with Crippen LogP contribution < -0.4 is 11.5 Å². The van der Waals surface area contributed by atoms with Gasteiger partial charge in [0.05, 0.1) is 6.21 Å². The van der Waals surface area contributed by atoms with E-state index in [4.69, 9.17) is 15.9 Å². The Morgan fingerprint density at radius 2 is 2.18 bits per heavy atom. The van der Waals surface area contributed by atoms with Crippen molar-refractivity contribution in [1.29, 1.82) is 0 Å². The Hall–Kier alpha value is -2.63. The first-order valence-electron chi connectivity index (χ1n) is 4.88. The highest BCUT2D eigenvalue weighted by Crippen LogP contribution is 2.19. The smallest absolute Gasteiger partial charge is 0.211 e. The van der Waals surface area contributed by atoms with Gasteiger partial charge in [0.15, 0.2) is 0 Å². The minimum Gasteiger partial charge on any atom is -0.455 e. The molecule has 0 saturated heterocycles. The molecule has 6 heteroatoms. The van der Waals surface area contributed by atoms with Crippen molar-refractivity contribution in [1.82, 2.24) is 4.98 Å². The second-order valence-electron chi connectivity index (χ2n) is 3.21. The van der Waals surface area contributed by atoms with Crippen LogP contribution in [0.3, 0.4) is 0 Å². The first kappa shape index (κ1) is 10.9. The molecule has 0 spiro atoms. The van der Waals surface area contributed by atoms with Gasteiger partial charge < -0.3 is 15.9 Å². The minimum absolute atomic E-state index is 0.0970. The van der Waals surface area contributed by atoms with E-state index in [2.05, 4.69) is 15.2 Å². The maximum absolute atomic E-state index is 5.51. The molecule has 17 heavy (non-hydrogen) atoms. The van der Waals surface area contributed by atoms with Crippen molar-refractivity contribution in [2.75, 3.05) is 0 Å². The van der Waals surface area contributed by atoms with Crippen molar-refractivity contribution in [3.05, 3.63) is 42.4 Å². The van der Waals surface area contributed by atoms with Gasteiger partial charge in [-0.2, -0.15) is 5.10 Å². The first-order valence-corrected chi connectivity index (χ1v) is 4.88. The van der Waals surface area contributed by atoms with Crippen molar-refractivity contribution in [3.8, 4) is 11.3 Å². The molecule has 0 amide bonds. The molecule has 86 valence electrons. The molecule has 0 saturated carbocycles. The summed E-state index contributed by atoms with van der Waals surface area (Å²) in [4.78, 5) is 4.01. The van der Waals surface area contributed by atoms with Crippen LogP contribution in [0.4, 0.5) is 0 Å². The van der Waals surface area contributed by atoms with Gasteiger partial charge in [-0.15, -0.1) is 5.10 Å². The lowest BCUT2D eigenvalue weighted by Gasteiger charge is -1.93. The van der Waals surface area contributed by atoms with Gasteiger partial charge in [0, 0.05) is 18.0 Å². The Balaban J connectivity index is 2.17. The Labute approximate surface area is 97.7 Å². The number of furan rings is 1. The van der Waals surface area contributed by atoms with Crippen LogP contribution in [0.5, 0.6) is 0 Å². The molecule has 0 aliphatic heterocycles. The fraction of sp³-hybridized carbons (Fsp3) is 0. The van der Waals surface area contributed by atoms with Crippen LogP contribution in [0.2, 0.25) is 0 Å². The van der Waals surface area contributed by atoms with Crippen LogP contribution in [0.15, 0.2) is 51.3 Å². The SMILES string of the molecule is NC(N)=NN=Cc1ccc(-c2cccnc2)o1. The van der Waals surface area contributed by atoms with Crippen LogP contribution in [-0.2, 0) is 0 Å². The maximum atomic E-state index is 5.51. The summed E-state index contributed by atoms with van der Waals surface area (Å²) in [5.74, 6) is 1.18. The Bertz CT molecular complexity index is 540. The summed E-state index contributed by atoms with van der Waals surface area (Å²) in [6.07, 6.45) is 4.85. The molecule has 2 aromatic rings. The number of aromatic nitrogens is 1. The summed E-state index contributed by atoms with van der Waals surface area (Å²) in [5, 5.41) is 7.12. The van der Waals surface area contributed by atoms with E-state index in [1.807, 2.05) is 18.2 Å². The third kappa shape index (κ3) is 2.91. The fourth-order valence-electron chi connectivity index (χ4n) is 1.24. The number of pyridine rings is 1. The fourth-order valence-corrected chi connectivity index (χ4v) is 1.24. The van der Waals surface area contributed by atoms with Crippen LogP contribution in [0, 0.1) is 0 Å². The van der Waals surface area contributed by atoms with Gasteiger partial charge in [0.25, 0.3) is 0 Å². The van der Waals surface area contributed by atoms with Gasteiger partial charge in [-0.3, -0.25) is 4.98 Å². The highest BCUT2D eigenvalue weighted by atomic mass is 16.3. The van der Waals surface area contributed by atoms with Gasteiger partial charge in [-0.25, -0.2) is 0 Å². The molecule has 2 aromatic heterocycles. The lowest BCUT2D eigenvalue weighted by molar-refractivity contribution is 0.574. The number of guanidine groups is 1. The quantitative estimate of drug-likeness (QED) is 0.464. The number of rotatable bonds is 3. The molecule has 0 radical (unpaired) electrons. The number of hydrogen-bond acceptors (Lipinski definition) is 4. The van der Waals surface area contributed by atoms with Gasteiger partial charge in [0.1, 0.15) is 11.5 Å². The third-order valence-corrected chi connectivity index (χ3v) is 1.93. The highest BCUT2D eigenvalue weighted by Gasteiger charge is 2.02. The summed E-state index contributed by atoms with van der Waals surface area (Å²) < 4.78 is 5.51. The zero-order valence-electron chi connectivity index (χ0n) is 8.95. The second-order valence-corrected chi connectivity index (χ2v) is 3.21.